The van der Waals surface area contributed by atoms with Crippen LogP contribution in [0.3, 0.4) is 0 Å². The molecule has 0 radical (unpaired) electrons. The number of nitrogens with one attached hydrogen (secondary N) is 2. The molecule has 0 atom stereocenters. The molecule has 1 saturated heterocycles. The van der Waals surface area contributed by atoms with Crippen molar-refractivity contribution in [2.75, 3.05) is 20.1 Å². The van der Waals surface area contributed by atoms with Gasteiger partial charge in [-0.15, -0.1) is 11.3 Å². The highest BCUT2D eigenvalue weighted by atomic mass is 32.1. The minimum Gasteiger partial charge on any atom is -0.354 e. The Balaban J connectivity index is 1.42. The highest BCUT2D eigenvalue weighted by molar-refractivity contribution is 7.09. The normalized spacial score (nSPS) is 17.3. The molecular weight excluding hydrogens is 374 g/mol. The molecule has 0 amide bonds. The molecule has 0 bridgehead atoms. The number of hydrogen-bond donors (Lipinski definition) is 2. The minimum absolute atomic E-state index is 0.103. The second-order valence-corrected chi connectivity index (χ2v) is 9.85. The first-order chi connectivity index (χ1) is 12.9. The van der Waals surface area contributed by atoms with Gasteiger partial charge in [-0.05, 0) is 35.2 Å². The van der Waals surface area contributed by atoms with Gasteiger partial charge in [0.15, 0.2) is 5.96 Å². The van der Waals surface area contributed by atoms with Crippen LogP contribution in [-0.4, -0.2) is 42.0 Å². The lowest BCUT2D eigenvalue weighted by molar-refractivity contribution is 0.198. The van der Waals surface area contributed by atoms with E-state index >= 15 is 0 Å². The van der Waals surface area contributed by atoms with Gasteiger partial charge in [-0.3, -0.25) is 9.89 Å². The number of hydrogen-bond acceptors (Lipinski definition) is 5. The van der Waals surface area contributed by atoms with E-state index in [0.29, 0.717) is 6.04 Å². The Labute approximate surface area is 170 Å². The van der Waals surface area contributed by atoms with Crippen molar-refractivity contribution < 1.29 is 0 Å². The lowest BCUT2D eigenvalue weighted by Crippen LogP contribution is -2.48. The van der Waals surface area contributed by atoms with Gasteiger partial charge in [-0.1, -0.05) is 20.8 Å². The van der Waals surface area contributed by atoms with Gasteiger partial charge in [0, 0.05) is 43.5 Å². The Bertz CT molecular complexity index is 722. The summed E-state index contributed by atoms with van der Waals surface area (Å²) in [4.78, 5) is 11.7. The predicted octanol–water partition coefficient (Wildman–Crippen LogP) is 3.83. The third-order valence-electron chi connectivity index (χ3n) is 4.87. The molecule has 1 aliphatic heterocycles. The third kappa shape index (κ3) is 6.02. The second-order valence-electron chi connectivity index (χ2n) is 8.13. The SMILES string of the molecule is CN=C(NCc1nc(C(C)(C)C)cs1)NC1CCN(Cc2ccsc2)CC1. The third-order valence-corrected chi connectivity index (χ3v) is 6.45. The molecule has 2 N–H and O–H groups in total. The Kier molecular flexibility index (Phi) is 6.89. The van der Waals surface area contributed by atoms with E-state index in [1.54, 1.807) is 22.7 Å². The molecule has 0 spiro atoms. The zero-order valence-corrected chi connectivity index (χ0v) is 18.4. The number of likely N-dealkylation sites (tertiary alicyclic amines) is 1. The van der Waals surface area contributed by atoms with Crippen molar-refractivity contribution in [1.29, 1.82) is 0 Å². The molecule has 2 aromatic heterocycles. The number of guanidine groups is 1. The highest BCUT2D eigenvalue weighted by Gasteiger charge is 2.21. The predicted molar refractivity (Wildman–Crippen MR) is 117 cm³/mol. The summed E-state index contributed by atoms with van der Waals surface area (Å²) in [5.74, 6) is 0.874. The van der Waals surface area contributed by atoms with Crippen molar-refractivity contribution in [1.82, 2.24) is 20.5 Å². The topological polar surface area (TPSA) is 52.6 Å². The molecule has 7 heteroatoms. The van der Waals surface area contributed by atoms with Gasteiger partial charge < -0.3 is 10.6 Å². The van der Waals surface area contributed by atoms with Gasteiger partial charge in [0.2, 0.25) is 0 Å². The molecule has 0 aromatic carbocycles. The standard InChI is InChI=1S/C20H31N5S2/c1-20(2,3)17-14-27-18(24-17)11-22-19(21-4)23-16-5-8-25(9-6-16)12-15-7-10-26-13-15/h7,10,13-14,16H,5-6,8-9,11-12H2,1-4H3,(H2,21,22,23). The number of aliphatic imine (C=N–C) groups is 1. The highest BCUT2D eigenvalue weighted by Crippen LogP contribution is 2.23. The van der Waals surface area contributed by atoms with E-state index in [4.69, 9.17) is 4.98 Å². The lowest BCUT2D eigenvalue weighted by atomic mass is 9.93. The largest absolute Gasteiger partial charge is 0.354 e. The molecule has 27 heavy (non-hydrogen) atoms. The van der Waals surface area contributed by atoms with Crippen LogP contribution < -0.4 is 10.6 Å². The summed E-state index contributed by atoms with van der Waals surface area (Å²) in [5, 5.41) is 14.7. The Morgan fingerprint density at radius 3 is 2.67 bits per heavy atom. The van der Waals surface area contributed by atoms with Crippen molar-refractivity contribution in [2.45, 2.75) is 58.2 Å². The summed E-state index contributed by atoms with van der Waals surface area (Å²) in [5.41, 5.74) is 2.69. The number of thiophene rings is 1. The van der Waals surface area contributed by atoms with Gasteiger partial charge in [0.25, 0.3) is 0 Å². The zero-order valence-electron chi connectivity index (χ0n) is 16.8. The molecule has 3 heterocycles. The number of rotatable bonds is 5. The van der Waals surface area contributed by atoms with Gasteiger partial charge in [-0.25, -0.2) is 4.98 Å². The molecule has 1 fully saturated rings. The summed E-state index contributed by atoms with van der Waals surface area (Å²) < 4.78 is 0. The van der Waals surface area contributed by atoms with Crippen molar-refractivity contribution in [2.24, 2.45) is 4.99 Å². The van der Waals surface area contributed by atoms with Crippen LogP contribution in [0, 0.1) is 0 Å². The summed E-state index contributed by atoms with van der Waals surface area (Å²) in [6.07, 6.45) is 2.30. The average Bonchev–Trinajstić information content (AvgIpc) is 3.31. The zero-order chi connectivity index (χ0) is 19.3. The molecule has 0 saturated carbocycles. The second kappa shape index (κ2) is 9.17. The maximum Gasteiger partial charge on any atom is 0.191 e. The molecule has 0 aliphatic carbocycles. The fourth-order valence-electron chi connectivity index (χ4n) is 3.16. The fraction of sp³-hybridized carbons (Fsp3) is 0.600. The molecule has 2 aromatic rings. The van der Waals surface area contributed by atoms with Crippen LogP contribution in [0.25, 0.3) is 0 Å². The van der Waals surface area contributed by atoms with Crippen LogP contribution in [0.4, 0.5) is 0 Å². The van der Waals surface area contributed by atoms with Crippen LogP contribution >= 0.6 is 22.7 Å². The van der Waals surface area contributed by atoms with Crippen LogP contribution in [0.1, 0.15) is 49.9 Å². The van der Waals surface area contributed by atoms with E-state index in [0.717, 1.165) is 55.7 Å². The molecule has 3 rings (SSSR count). The van der Waals surface area contributed by atoms with Gasteiger partial charge in [0.05, 0.1) is 12.2 Å². The number of piperidine rings is 1. The lowest BCUT2D eigenvalue weighted by Gasteiger charge is -2.32. The first kappa shape index (κ1) is 20.3. The van der Waals surface area contributed by atoms with E-state index < -0.39 is 0 Å². The van der Waals surface area contributed by atoms with Crippen LogP contribution in [0.5, 0.6) is 0 Å². The van der Waals surface area contributed by atoms with E-state index in [1.165, 1.54) is 5.56 Å². The number of thiazole rings is 1. The first-order valence-corrected chi connectivity index (χ1v) is 11.4. The summed E-state index contributed by atoms with van der Waals surface area (Å²) in [7, 11) is 1.84. The molecular formula is C20H31N5S2. The number of aromatic nitrogens is 1. The Morgan fingerprint density at radius 1 is 1.30 bits per heavy atom. The summed E-state index contributed by atoms with van der Waals surface area (Å²) >= 11 is 3.49. The van der Waals surface area contributed by atoms with E-state index in [-0.39, 0.29) is 5.41 Å². The molecule has 0 unspecified atom stereocenters. The maximum absolute atomic E-state index is 4.75. The van der Waals surface area contributed by atoms with E-state index in [2.05, 4.69) is 63.5 Å². The van der Waals surface area contributed by atoms with Crippen LogP contribution in [0.2, 0.25) is 0 Å². The van der Waals surface area contributed by atoms with E-state index in [1.807, 2.05) is 7.05 Å². The van der Waals surface area contributed by atoms with Crippen molar-refractivity contribution >= 4 is 28.6 Å². The van der Waals surface area contributed by atoms with Crippen molar-refractivity contribution in [3.8, 4) is 0 Å². The summed E-state index contributed by atoms with van der Waals surface area (Å²) in [6.45, 7) is 10.7. The van der Waals surface area contributed by atoms with Gasteiger partial charge in [0.1, 0.15) is 5.01 Å². The van der Waals surface area contributed by atoms with Gasteiger partial charge >= 0.3 is 0 Å². The van der Waals surface area contributed by atoms with Gasteiger partial charge in [-0.2, -0.15) is 11.3 Å². The van der Waals surface area contributed by atoms with Crippen molar-refractivity contribution in [3.05, 3.63) is 38.5 Å². The minimum atomic E-state index is 0.103. The molecule has 1 aliphatic rings. The maximum atomic E-state index is 4.75. The smallest absolute Gasteiger partial charge is 0.191 e. The van der Waals surface area contributed by atoms with Crippen LogP contribution in [0.15, 0.2) is 27.2 Å². The quantitative estimate of drug-likeness (QED) is 0.586. The van der Waals surface area contributed by atoms with Crippen LogP contribution in [-0.2, 0) is 18.5 Å². The van der Waals surface area contributed by atoms with E-state index in [9.17, 15) is 0 Å². The monoisotopic (exact) mass is 405 g/mol. The molecule has 148 valence electrons. The first-order valence-electron chi connectivity index (χ1n) is 9.59. The molecule has 5 nitrogen and oxygen atoms in total. The Morgan fingerprint density at radius 2 is 2.07 bits per heavy atom. The average molecular weight is 406 g/mol. The fourth-order valence-corrected chi connectivity index (χ4v) is 4.78. The van der Waals surface area contributed by atoms with Crippen molar-refractivity contribution in [3.63, 3.8) is 0 Å². The summed E-state index contributed by atoms with van der Waals surface area (Å²) in [6, 6.07) is 2.71. The number of nitrogens with zero attached hydrogens (tertiary/aromatic N) is 3. The Hall–Kier alpha value is -1.44.